The monoisotopic (exact) mass is 586 g/mol. The molecule has 2 aliphatic heterocycles. The lowest BCUT2D eigenvalue weighted by Gasteiger charge is -2.01. The number of rotatable bonds is 2. The van der Waals surface area contributed by atoms with Gasteiger partial charge in [-0.15, -0.1) is 0 Å². The van der Waals surface area contributed by atoms with Gasteiger partial charge in [0.15, 0.2) is 40.7 Å². The lowest BCUT2D eigenvalue weighted by molar-refractivity contribution is 0.489. The van der Waals surface area contributed by atoms with E-state index in [1.165, 1.54) is 6.26 Å². The molecular formula is C34H23AlN8O. The molecule has 3 aromatic heterocycles. The first-order valence-electron chi connectivity index (χ1n) is 13.8. The molecule has 0 aliphatic carbocycles. The van der Waals surface area contributed by atoms with Crippen LogP contribution in [0.5, 0.6) is 5.75 Å². The maximum atomic E-state index is 5.82. The van der Waals surface area contributed by atoms with Crippen LogP contribution < -0.4 is 4.74 Å². The van der Waals surface area contributed by atoms with E-state index in [2.05, 4.69) is 16.5 Å². The largest absolute Gasteiger partial charge is 0.465 e. The molecule has 4 aromatic carbocycles. The van der Waals surface area contributed by atoms with E-state index in [-0.39, 0.29) is 17.4 Å². The average molecular weight is 587 g/mol. The summed E-state index contributed by atoms with van der Waals surface area (Å²) in [5.41, 5.74) is 6.02. The van der Waals surface area contributed by atoms with Crippen molar-refractivity contribution in [2.45, 2.75) is 0 Å². The number of nitrogens with zero attached hydrogens (tertiary/aromatic N) is 6. The predicted octanol–water partition coefficient (Wildman–Crippen LogP) is 6.21. The SMILES string of the molecule is C=COc1cccc2c3nc4nc(nc5[nH]c(nc6nc(nc([nH]3)c12)-c1ccccc1-6)c1ccccc51)-c1ccccc1-4.[AlH3]. The molecule has 7 aromatic rings. The van der Waals surface area contributed by atoms with Gasteiger partial charge >= 0.3 is 0 Å². The van der Waals surface area contributed by atoms with Gasteiger partial charge in [-0.1, -0.05) is 91.5 Å². The Morgan fingerprint density at radius 3 is 1.39 bits per heavy atom. The van der Waals surface area contributed by atoms with Crippen molar-refractivity contribution in [3.63, 3.8) is 0 Å². The number of hydrogen-bond donors (Lipinski definition) is 2. The van der Waals surface area contributed by atoms with Crippen molar-refractivity contribution >= 4 is 61.5 Å². The van der Waals surface area contributed by atoms with E-state index in [0.717, 1.165) is 43.8 Å². The van der Waals surface area contributed by atoms with Gasteiger partial charge in [0.05, 0.1) is 11.6 Å². The molecule has 10 heteroatoms. The summed E-state index contributed by atoms with van der Waals surface area (Å²) in [5.74, 6) is 2.80. The minimum absolute atomic E-state index is 0. The number of ether oxygens (including phenoxy) is 1. The van der Waals surface area contributed by atoms with Gasteiger partial charge in [-0.3, -0.25) is 0 Å². The average Bonchev–Trinajstić information content (AvgIpc) is 3.77. The summed E-state index contributed by atoms with van der Waals surface area (Å²) in [6, 6.07) is 29.7. The molecule has 208 valence electrons. The van der Waals surface area contributed by atoms with Crippen LogP contribution >= 0.6 is 0 Å². The predicted molar refractivity (Wildman–Crippen MR) is 177 cm³/mol. The second kappa shape index (κ2) is 9.95. The Balaban J connectivity index is 0.00000289. The van der Waals surface area contributed by atoms with Gasteiger partial charge in [-0.25, -0.2) is 29.9 Å². The van der Waals surface area contributed by atoms with Crippen LogP contribution in [0.15, 0.2) is 104 Å². The second-order valence-electron chi connectivity index (χ2n) is 10.2. The first-order valence-corrected chi connectivity index (χ1v) is 13.8. The topological polar surface area (TPSA) is 118 Å². The maximum absolute atomic E-state index is 5.82. The quantitative estimate of drug-likeness (QED) is 0.183. The van der Waals surface area contributed by atoms with Crippen molar-refractivity contribution in [3.8, 4) is 51.3 Å². The van der Waals surface area contributed by atoms with Crippen LogP contribution in [0.4, 0.5) is 0 Å². The number of H-pyrrole nitrogens is 2. The summed E-state index contributed by atoms with van der Waals surface area (Å²) in [4.78, 5) is 36.8. The Bertz CT molecular complexity index is 2480. The zero-order valence-electron chi connectivity index (χ0n) is 22.5. The highest BCUT2D eigenvalue weighted by molar-refractivity contribution is 6.08. The molecule has 0 saturated carbocycles. The molecule has 0 saturated heterocycles. The van der Waals surface area contributed by atoms with Gasteiger partial charge in [0.25, 0.3) is 0 Å². The van der Waals surface area contributed by atoms with E-state index in [1.807, 2.05) is 91.0 Å². The first-order chi connectivity index (χ1) is 21.2. The summed E-state index contributed by atoms with van der Waals surface area (Å²) in [7, 11) is 0. The van der Waals surface area contributed by atoms with Crippen LogP contribution in [0, 0.1) is 0 Å². The minimum Gasteiger partial charge on any atom is -0.465 e. The van der Waals surface area contributed by atoms with Gasteiger partial charge in [0.1, 0.15) is 28.3 Å². The van der Waals surface area contributed by atoms with Crippen LogP contribution in [0.1, 0.15) is 0 Å². The molecule has 9 rings (SSSR count). The lowest BCUT2D eigenvalue weighted by atomic mass is 10.1. The second-order valence-corrected chi connectivity index (χ2v) is 10.2. The van der Waals surface area contributed by atoms with Gasteiger partial charge < -0.3 is 14.7 Å². The third-order valence-corrected chi connectivity index (χ3v) is 7.75. The standard InChI is InChI=1S/C34H20N8O.Al.3H/c1-2-43-25-17-9-16-24-26(25)34-41-32-23-15-8-7-14-22(23)30(39-32)37-28-19-11-4-3-10-18(19)27(35-28)36-29-20-12-5-6-13-21(20)31(38-29)40-33(24)42-34;;;;/h2-17H,1H2,(H2,35,36,37,38,39,40,41,42);;;;. The summed E-state index contributed by atoms with van der Waals surface area (Å²) >= 11 is 0. The normalized spacial score (nSPS) is 11.5. The Kier molecular flexibility index (Phi) is 5.88. The Morgan fingerprint density at radius 1 is 0.477 bits per heavy atom. The third-order valence-electron chi connectivity index (χ3n) is 7.75. The molecule has 5 heterocycles. The van der Waals surface area contributed by atoms with E-state index >= 15 is 0 Å². The smallest absolute Gasteiger partial charge is 0.187 e. The lowest BCUT2D eigenvalue weighted by Crippen LogP contribution is -1.84. The van der Waals surface area contributed by atoms with E-state index in [9.17, 15) is 0 Å². The van der Waals surface area contributed by atoms with Crippen LogP contribution in [-0.2, 0) is 0 Å². The van der Waals surface area contributed by atoms with Gasteiger partial charge in [-0.05, 0) is 6.07 Å². The van der Waals surface area contributed by atoms with Crippen molar-refractivity contribution in [1.82, 2.24) is 39.9 Å². The molecule has 9 nitrogen and oxygen atoms in total. The molecule has 2 N–H and O–H groups in total. The molecule has 0 unspecified atom stereocenters. The fraction of sp³-hybridized carbons (Fsp3) is 0. The van der Waals surface area contributed by atoms with Crippen molar-refractivity contribution < 1.29 is 4.74 Å². The van der Waals surface area contributed by atoms with Crippen LogP contribution in [0.25, 0.3) is 89.7 Å². The molecule has 0 spiro atoms. The molecule has 8 bridgehead atoms. The molecule has 0 radical (unpaired) electrons. The Hall–Kier alpha value is -5.69. The number of nitrogens with one attached hydrogen (secondary N) is 2. The van der Waals surface area contributed by atoms with Crippen LogP contribution in [0.3, 0.4) is 0 Å². The van der Waals surface area contributed by atoms with Crippen molar-refractivity contribution in [2.24, 2.45) is 0 Å². The highest BCUT2D eigenvalue weighted by atomic mass is 27.0. The van der Waals surface area contributed by atoms with Crippen molar-refractivity contribution in [3.05, 3.63) is 104 Å². The number of benzene rings is 4. The molecular weight excluding hydrogens is 563 g/mol. The third kappa shape index (κ3) is 3.86. The molecule has 44 heavy (non-hydrogen) atoms. The first kappa shape index (κ1) is 26.0. The molecule has 2 aliphatic rings. The number of hydrogen-bond acceptors (Lipinski definition) is 7. The van der Waals surface area contributed by atoms with Gasteiger partial charge in [0.2, 0.25) is 0 Å². The Morgan fingerprint density at radius 2 is 0.886 bits per heavy atom. The molecule has 0 amide bonds. The van der Waals surface area contributed by atoms with E-state index in [1.54, 1.807) is 0 Å². The number of aromatic nitrogens is 8. The van der Waals surface area contributed by atoms with Gasteiger partial charge in [0, 0.05) is 38.4 Å². The summed E-state index contributed by atoms with van der Waals surface area (Å²) in [5, 5.41) is 3.46. The fourth-order valence-electron chi connectivity index (χ4n) is 5.85. The van der Waals surface area contributed by atoms with Crippen LogP contribution in [-0.4, -0.2) is 57.2 Å². The zero-order chi connectivity index (χ0) is 28.5. The molecule has 0 fully saturated rings. The maximum Gasteiger partial charge on any atom is 0.187 e. The van der Waals surface area contributed by atoms with E-state index in [0.29, 0.717) is 51.6 Å². The molecule has 0 atom stereocenters. The summed E-state index contributed by atoms with van der Waals surface area (Å²) in [6.45, 7) is 3.76. The number of aromatic amines is 2. The van der Waals surface area contributed by atoms with Crippen LogP contribution in [0.2, 0.25) is 0 Å². The van der Waals surface area contributed by atoms with E-state index < -0.39 is 0 Å². The van der Waals surface area contributed by atoms with E-state index in [4.69, 9.17) is 34.6 Å². The summed E-state index contributed by atoms with van der Waals surface area (Å²) in [6.07, 6.45) is 1.40. The van der Waals surface area contributed by atoms with Gasteiger partial charge in [-0.2, -0.15) is 0 Å². The minimum atomic E-state index is 0. The summed E-state index contributed by atoms with van der Waals surface area (Å²) < 4.78 is 5.82. The van der Waals surface area contributed by atoms with Crippen molar-refractivity contribution in [2.75, 3.05) is 0 Å². The highest BCUT2D eigenvalue weighted by Gasteiger charge is 2.22. The fourth-order valence-corrected chi connectivity index (χ4v) is 5.85. The zero-order valence-corrected chi connectivity index (χ0v) is 22.5. The highest BCUT2D eigenvalue weighted by Crippen LogP contribution is 2.38. The Labute approximate surface area is 260 Å². The number of fused-ring (bicyclic) bond motifs is 20. The van der Waals surface area contributed by atoms with Crippen molar-refractivity contribution in [1.29, 1.82) is 0 Å².